The maximum absolute atomic E-state index is 5.92. The average molecular weight is 226 g/mol. The Kier molecular flexibility index (Phi) is 2.48. The summed E-state index contributed by atoms with van der Waals surface area (Å²) in [5.41, 5.74) is 0.885. The molecule has 5 nitrogen and oxygen atoms in total. The lowest BCUT2D eigenvalue weighted by Gasteiger charge is -2.03. The van der Waals surface area contributed by atoms with Crippen LogP contribution in [0.3, 0.4) is 0 Å². The molecule has 2 aromatic heterocycles. The van der Waals surface area contributed by atoms with Gasteiger partial charge in [-0.2, -0.15) is 5.10 Å². The molecule has 0 amide bonds. The molecular formula is C9H12ClN5. The van der Waals surface area contributed by atoms with E-state index in [1.165, 1.54) is 0 Å². The van der Waals surface area contributed by atoms with Crippen molar-refractivity contribution in [2.45, 2.75) is 26.8 Å². The third-order valence-corrected chi connectivity index (χ3v) is 2.41. The minimum Gasteiger partial charge on any atom is -0.268 e. The summed E-state index contributed by atoms with van der Waals surface area (Å²) in [5.74, 6) is 0.753. The second-order valence-electron chi connectivity index (χ2n) is 3.62. The van der Waals surface area contributed by atoms with E-state index >= 15 is 0 Å². The summed E-state index contributed by atoms with van der Waals surface area (Å²) in [6.07, 6.45) is 3.68. The van der Waals surface area contributed by atoms with E-state index in [-0.39, 0.29) is 0 Å². The monoisotopic (exact) mass is 225 g/mol. The number of rotatable bonds is 2. The molecule has 80 valence electrons. The highest BCUT2D eigenvalue weighted by Crippen LogP contribution is 2.16. The summed E-state index contributed by atoms with van der Waals surface area (Å²) in [4.78, 5) is 0. The molecule has 2 rings (SSSR count). The van der Waals surface area contributed by atoms with Crippen LogP contribution in [0.1, 0.15) is 25.7 Å². The number of aromatic nitrogens is 5. The van der Waals surface area contributed by atoms with E-state index in [9.17, 15) is 0 Å². The summed E-state index contributed by atoms with van der Waals surface area (Å²) < 4.78 is 3.62. The standard InChI is InChI=1S/C9H12ClN5/c1-6(2)14-5-8(4-11-14)15-7(3)12-13-9(15)10/h4-6H,1-3H3. The molecule has 0 spiro atoms. The van der Waals surface area contributed by atoms with E-state index in [2.05, 4.69) is 29.1 Å². The number of halogens is 1. The van der Waals surface area contributed by atoms with E-state index in [1.54, 1.807) is 10.8 Å². The van der Waals surface area contributed by atoms with Gasteiger partial charge in [-0.1, -0.05) is 0 Å². The molecule has 0 bridgehead atoms. The van der Waals surface area contributed by atoms with Gasteiger partial charge in [0.2, 0.25) is 5.28 Å². The Balaban J connectivity index is 2.46. The maximum Gasteiger partial charge on any atom is 0.229 e. The summed E-state index contributed by atoms with van der Waals surface area (Å²) in [6, 6.07) is 0.328. The van der Waals surface area contributed by atoms with E-state index in [4.69, 9.17) is 11.6 Å². The zero-order valence-corrected chi connectivity index (χ0v) is 9.60. The van der Waals surface area contributed by atoms with Gasteiger partial charge in [-0.05, 0) is 32.4 Å². The van der Waals surface area contributed by atoms with Crippen LogP contribution < -0.4 is 0 Å². The van der Waals surface area contributed by atoms with Crippen LogP contribution in [0.5, 0.6) is 0 Å². The molecule has 0 aliphatic rings. The zero-order chi connectivity index (χ0) is 11.0. The first-order valence-corrected chi connectivity index (χ1v) is 5.09. The van der Waals surface area contributed by atoms with Gasteiger partial charge in [-0.15, -0.1) is 10.2 Å². The van der Waals surface area contributed by atoms with Gasteiger partial charge in [-0.25, -0.2) is 0 Å². The fourth-order valence-electron chi connectivity index (χ4n) is 1.36. The van der Waals surface area contributed by atoms with Crippen LogP contribution in [0, 0.1) is 6.92 Å². The Bertz CT molecular complexity index is 451. The first-order valence-electron chi connectivity index (χ1n) is 4.71. The van der Waals surface area contributed by atoms with Crippen LogP contribution in [0.15, 0.2) is 12.4 Å². The first-order chi connectivity index (χ1) is 7.09. The predicted octanol–water partition coefficient (Wildman–Crippen LogP) is 2.01. The van der Waals surface area contributed by atoms with Gasteiger partial charge >= 0.3 is 0 Å². The Labute approximate surface area is 92.7 Å². The normalized spacial score (nSPS) is 11.3. The third kappa shape index (κ3) is 1.74. The van der Waals surface area contributed by atoms with Crippen molar-refractivity contribution in [3.05, 3.63) is 23.5 Å². The molecule has 2 aromatic rings. The van der Waals surface area contributed by atoms with E-state index in [1.807, 2.05) is 17.8 Å². The predicted molar refractivity (Wildman–Crippen MR) is 57.3 cm³/mol. The van der Waals surface area contributed by atoms with Crippen LogP contribution >= 0.6 is 11.6 Å². The highest BCUT2D eigenvalue weighted by atomic mass is 35.5. The smallest absolute Gasteiger partial charge is 0.229 e. The zero-order valence-electron chi connectivity index (χ0n) is 8.85. The summed E-state index contributed by atoms with van der Waals surface area (Å²) in [6.45, 7) is 5.99. The van der Waals surface area contributed by atoms with Crippen molar-refractivity contribution >= 4 is 11.6 Å². The molecule has 6 heteroatoms. The maximum atomic E-state index is 5.92. The van der Waals surface area contributed by atoms with Crippen LogP contribution in [0.4, 0.5) is 0 Å². The van der Waals surface area contributed by atoms with Crippen molar-refractivity contribution in [3.63, 3.8) is 0 Å². The third-order valence-electron chi connectivity index (χ3n) is 2.16. The molecule has 0 saturated heterocycles. The molecule has 0 fully saturated rings. The summed E-state index contributed by atoms with van der Waals surface area (Å²) in [7, 11) is 0. The molecule has 0 radical (unpaired) electrons. The van der Waals surface area contributed by atoms with Crippen molar-refractivity contribution in [2.24, 2.45) is 0 Å². The number of hydrogen-bond acceptors (Lipinski definition) is 3. The highest BCUT2D eigenvalue weighted by molar-refractivity contribution is 6.28. The van der Waals surface area contributed by atoms with Crippen LogP contribution in [-0.2, 0) is 0 Å². The van der Waals surface area contributed by atoms with Crippen molar-refractivity contribution in [1.29, 1.82) is 0 Å². The minimum atomic E-state index is 0.328. The minimum absolute atomic E-state index is 0.328. The molecule has 0 aliphatic heterocycles. The highest BCUT2D eigenvalue weighted by Gasteiger charge is 2.10. The van der Waals surface area contributed by atoms with E-state index in [0.717, 1.165) is 11.5 Å². The van der Waals surface area contributed by atoms with Crippen molar-refractivity contribution in [1.82, 2.24) is 24.5 Å². The fraction of sp³-hybridized carbons (Fsp3) is 0.444. The Morgan fingerprint density at radius 2 is 2.07 bits per heavy atom. The van der Waals surface area contributed by atoms with Crippen LogP contribution in [-0.4, -0.2) is 24.5 Å². The average Bonchev–Trinajstić information content (AvgIpc) is 2.73. The summed E-state index contributed by atoms with van der Waals surface area (Å²) in [5, 5.41) is 12.3. The second-order valence-corrected chi connectivity index (χ2v) is 3.96. The van der Waals surface area contributed by atoms with Gasteiger partial charge < -0.3 is 0 Å². The Hall–Kier alpha value is -1.36. The fourth-order valence-corrected chi connectivity index (χ4v) is 1.61. The van der Waals surface area contributed by atoms with Crippen molar-refractivity contribution < 1.29 is 0 Å². The molecular weight excluding hydrogens is 214 g/mol. The lowest BCUT2D eigenvalue weighted by Crippen LogP contribution is -2.00. The second kappa shape index (κ2) is 3.66. The molecule has 0 atom stereocenters. The van der Waals surface area contributed by atoms with Gasteiger partial charge in [0.05, 0.1) is 11.9 Å². The molecule has 0 aliphatic carbocycles. The van der Waals surface area contributed by atoms with Crippen LogP contribution in [0.25, 0.3) is 5.69 Å². The molecule has 0 N–H and O–H groups in total. The number of hydrogen-bond donors (Lipinski definition) is 0. The molecule has 0 unspecified atom stereocenters. The Morgan fingerprint density at radius 3 is 2.53 bits per heavy atom. The number of nitrogens with zero attached hydrogens (tertiary/aromatic N) is 5. The topological polar surface area (TPSA) is 48.5 Å². The molecule has 0 saturated carbocycles. The Morgan fingerprint density at radius 1 is 1.33 bits per heavy atom. The largest absolute Gasteiger partial charge is 0.268 e. The lowest BCUT2D eigenvalue weighted by molar-refractivity contribution is 0.532. The van der Waals surface area contributed by atoms with Gasteiger partial charge in [0, 0.05) is 12.2 Å². The SMILES string of the molecule is Cc1nnc(Cl)n1-c1cnn(C(C)C)c1. The summed E-state index contributed by atoms with van der Waals surface area (Å²) >= 11 is 5.92. The van der Waals surface area contributed by atoms with Gasteiger partial charge in [-0.3, -0.25) is 9.25 Å². The van der Waals surface area contributed by atoms with E-state index in [0.29, 0.717) is 11.3 Å². The van der Waals surface area contributed by atoms with Gasteiger partial charge in [0.1, 0.15) is 5.82 Å². The molecule has 2 heterocycles. The first kappa shape index (κ1) is 10.2. The van der Waals surface area contributed by atoms with Crippen molar-refractivity contribution in [3.8, 4) is 5.69 Å². The van der Waals surface area contributed by atoms with Crippen molar-refractivity contribution in [2.75, 3.05) is 0 Å². The van der Waals surface area contributed by atoms with Crippen LogP contribution in [0.2, 0.25) is 5.28 Å². The lowest BCUT2D eigenvalue weighted by atomic mass is 10.4. The molecule has 0 aromatic carbocycles. The van der Waals surface area contributed by atoms with Gasteiger partial charge in [0.25, 0.3) is 0 Å². The quantitative estimate of drug-likeness (QED) is 0.786. The van der Waals surface area contributed by atoms with Gasteiger partial charge in [0.15, 0.2) is 0 Å². The molecule has 15 heavy (non-hydrogen) atoms. The van der Waals surface area contributed by atoms with E-state index < -0.39 is 0 Å². The number of aryl methyl sites for hydroxylation is 1.